The summed E-state index contributed by atoms with van der Waals surface area (Å²) < 4.78 is 13.3. The summed E-state index contributed by atoms with van der Waals surface area (Å²) in [5.41, 5.74) is 9.82. The molecule has 0 spiro atoms. The molecule has 2 aromatic rings. The molecule has 2 N–H and O–H groups in total. The van der Waals surface area contributed by atoms with E-state index in [1.165, 1.54) is 17.7 Å². The maximum Gasteiger partial charge on any atom is 0.123 e. The molecular weight excluding hydrogens is 239 g/mol. The highest BCUT2D eigenvalue weighted by Crippen LogP contribution is 2.29. The Balaban J connectivity index is 2.48. The van der Waals surface area contributed by atoms with Gasteiger partial charge in [-0.25, -0.2) is 4.39 Å². The van der Waals surface area contributed by atoms with Crippen LogP contribution < -0.4 is 10.6 Å². The topological polar surface area (TPSA) is 29.3 Å². The molecule has 0 fully saturated rings. The van der Waals surface area contributed by atoms with Gasteiger partial charge in [0, 0.05) is 24.5 Å². The first-order chi connectivity index (χ1) is 9.15. The Kier molecular flexibility index (Phi) is 4.17. The average Bonchev–Trinajstić information content (AvgIpc) is 2.41. The standard InChI is InChI=1S/C16H19FN2/c1-3-19(15-6-4-5-12(2)9-15)16-8-7-14(17)10-13(16)11-18/h4-10H,3,11,18H2,1-2H3. The molecule has 0 radical (unpaired) electrons. The molecule has 3 heteroatoms. The predicted octanol–water partition coefficient (Wildman–Crippen LogP) is 3.75. The smallest absolute Gasteiger partial charge is 0.123 e. The van der Waals surface area contributed by atoms with Crippen LogP contribution in [0.15, 0.2) is 42.5 Å². The lowest BCUT2D eigenvalue weighted by Gasteiger charge is -2.26. The van der Waals surface area contributed by atoms with Crippen molar-refractivity contribution in [1.82, 2.24) is 0 Å². The average molecular weight is 258 g/mol. The van der Waals surface area contributed by atoms with Crippen LogP contribution in [-0.2, 0) is 6.54 Å². The lowest BCUT2D eigenvalue weighted by molar-refractivity contribution is 0.625. The van der Waals surface area contributed by atoms with Gasteiger partial charge in [-0.15, -0.1) is 0 Å². The summed E-state index contributed by atoms with van der Waals surface area (Å²) >= 11 is 0. The van der Waals surface area contributed by atoms with Crippen molar-refractivity contribution in [2.24, 2.45) is 5.73 Å². The fraction of sp³-hybridized carbons (Fsp3) is 0.250. The minimum atomic E-state index is -0.246. The second kappa shape index (κ2) is 5.85. The monoisotopic (exact) mass is 258 g/mol. The lowest BCUT2D eigenvalue weighted by atomic mass is 10.1. The molecule has 0 atom stereocenters. The number of anilines is 2. The normalized spacial score (nSPS) is 10.5. The molecule has 0 unspecified atom stereocenters. The highest BCUT2D eigenvalue weighted by atomic mass is 19.1. The van der Waals surface area contributed by atoms with Gasteiger partial charge in [-0.1, -0.05) is 12.1 Å². The van der Waals surface area contributed by atoms with E-state index in [2.05, 4.69) is 36.9 Å². The molecule has 0 amide bonds. The first-order valence-corrected chi connectivity index (χ1v) is 6.48. The molecule has 0 bridgehead atoms. The van der Waals surface area contributed by atoms with Gasteiger partial charge in [0.15, 0.2) is 0 Å². The number of hydrogen-bond donors (Lipinski definition) is 1. The molecule has 2 rings (SSSR count). The molecule has 100 valence electrons. The zero-order valence-electron chi connectivity index (χ0n) is 11.4. The Hall–Kier alpha value is -1.87. The van der Waals surface area contributed by atoms with E-state index >= 15 is 0 Å². The quantitative estimate of drug-likeness (QED) is 0.905. The molecule has 2 aromatic carbocycles. The van der Waals surface area contributed by atoms with Crippen LogP contribution in [-0.4, -0.2) is 6.54 Å². The molecule has 0 aliphatic carbocycles. The summed E-state index contributed by atoms with van der Waals surface area (Å²) in [4.78, 5) is 2.15. The molecule has 2 nitrogen and oxygen atoms in total. The first kappa shape index (κ1) is 13.6. The van der Waals surface area contributed by atoms with Crippen LogP contribution in [0, 0.1) is 12.7 Å². The predicted molar refractivity (Wildman–Crippen MR) is 78.2 cm³/mol. The van der Waals surface area contributed by atoms with Crippen LogP contribution in [0.3, 0.4) is 0 Å². The van der Waals surface area contributed by atoms with Crippen LogP contribution in [0.5, 0.6) is 0 Å². The lowest BCUT2D eigenvalue weighted by Crippen LogP contribution is -2.18. The number of benzene rings is 2. The van der Waals surface area contributed by atoms with Crippen molar-refractivity contribution in [2.75, 3.05) is 11.4 Å². The third-order valence-electron chi connectivity index (χ3n) is 3.18. The van der Waals surface area contributed by atoms with E-state index in [9.17, 15) is 4.39 Å². The van der Waals surface area contributed by atoms with Crippen LogP contribution in [0.2, 0.25) is 0 Å². The maximum absolute atomic E-state index is 13.3. The van der Waals surface area contributed by atoms with Crippen molar-refractivity contribution in [1.29, 1.82) is 0 Å². The Morgan fingerprint density at radius 1 is 1.16 bits per heavy atom. The number of hydrogen-bond acceptors (Lipinski definition) is 2. The molecule has 0 aliphatic rings. The van der Waals surface area contributed by atoms with Crippen molar-refractivity contribution in [3.8, 4) is 0 Å². The maximum atomic E-state index is 13.3. The molecule has 0 aliphatic heterocycles. The highest BCUT2D eigenvalue weighted by Gasteiger charge is 2.12. The molecular formula is C16H19FN2. The van der Waals surface area contributed by atoms with Gasteiger partial charge in [-0.05, 0) is 55.3 Å². The SMILES string of the molecule is CCN(c1cccc(C)c1)c1ccc(F)cc1CN. The van der Waals surface area contributed by atoms with Gasteiger partial charge in [-0.2, -0.15) is 0 Å². The van der Waals surface area contributed by atoms with Crippen LogP contribution in [0.4, 0.5) is 15.8 Å². The van der Waals surface area contributed by atoms with E-state index in [1.807, 2.05) is 6.07 Å². The minimum absolute atomic E-state index is 0.246. The fourth-order valence-corrected chi connectivity index (χ4v) is 2.27. The van der Waals surface area contributed by atoms with Gasteiger partial charge >= 0.3 is 0 Å². The third-order valence-corrected chi connectivity index (χ3v) is 3.18. The van der Waals surface area contributed by atoms with Gasteiger partial charge in [0.2, 0.25) is 0 Å². The van der Waals surface area contributed by atoms with Crippen molar-refractivity contribution >= 4 is 11.4 Å². The van der Waals surface area contributed by atoms with E-state index in [4.69, 9.17) is 5.73 Å². The Bertz CT molecular complexity index is 566. The number of nitrogens with two attached hydrogens (primary N) is 1. The minimum Gasteiger partial charge on any atom is -0.341 e. The molecule has 0 aromatic heterocycles. The zero-order chi connectivity index (χ0) is 13.8. The summed E-state index contributed by atoms with van der Waals surface area (Å²) in [5, 5.41) is 0. The van der Waals surface area contributed by atoms with Gasteiger partial charge in [0.1, 0.15) is 5.82 Å². The van der Waals surface area contributed by atoms with Crippen molar-refractivity contribution in [2.45, 2.75) is 20.4 Å². The van der Waals surface area contributed by atoms with E-state index in [-0.39, 0.29) is 5.82 Å². The van der Waals surface area contributed by atoms with Crippen LogP contribution in [0.1, 0.15) is 18.1 Å². The van der Waals surface area contributed by atoms with Gasteiger partial charge < -0.3 is 10.6 Å². The number of rotatable bonds is 4. The van der Waals surface area contributed by atoms with E-state index in [0.717, 1.165) is 23.5 Å². The zero-order valence-corrected chi connectivity index (χ0v) is 11.4. The summed E-state index contributed by atoms with van der Waals surface area (Å²) in [6, 6.07) is 13.0. The third kappa shape index (κ3) is 2.93. The van der Waals surface area contributed by atoms with E-state index < -0.39 is 0 Å². The van der Waals surface area contributed by atoms with Crippen LogP contribution in [0.25, 0.3) is 0 Å². The number of halogens is 1. The second-order valence-electron chi connectivity index (χ2n) is 4.56. The first-order valence-electron chi connectivity index (χ1n) is 6.48. The summed E-state index contributed by atoms with van der Waals surface area (Å²) in [7, 11) is 0. The Morgan fingerprint density at radius 2 is 1.95 bits per heavy atom. The van der Waals surface area contributed by atoms with Gasteiger partial charge in [-0.3, -0.25) is 0 Å². The molecule has 19 heavy (non-hydrogen) atoms. The van der Waals surface area contributed by atoms with Crippen molar-refractivity contribution in [3.63, 3.8) is 0 Å². The van der Waals surface area contributed by atoms with Crippen molar-refractivity contribution in [3.05, 3.63) is 59.4 Å². The van der Waals surface area contributed by atoms with Crippen LogP contribution >= 0.6 is 0 Å². The second-order valence-corrected chi connectivity index (χ2v) is 4.56. The van der Waals surface area contributed by atoms with Gasteiger partial charge in [0.05, 0.1) is 0 Å². The Labute approximate surface area is 113 Å². The summed E-state index contributed by atoms with van der Waals surface area (Å²) in [6.45, 7) is 5.27. The van der Waals surface area contributed by atoms with E-state index in [1.54, 1.807) is 6.07 Å². The number of nitrogens with zero attached hydrogens (tertiary/aromatic N) is 1. The Morgan fingerprint density at radius 3 is 2.58 bits per heavy atom. The van der Waals surface area contributed by atoms with Gasteiger partial charge in [0.25, 0.3) is 0 Å². The summed E-state index contributed by atoms with van der Waals surface area (Å²) in [5.74, 6) is -0.246. The molecule has 0 saturated heterocycles. The molecule has 0 heterocycles. The summed E-state index contributed by atoms with van der Waals surface area (Å²) in [6.07, 6.45) is 0. The van der Waals surface area contributed by atoms with Crippen molar-refractivity contribution < 1.29 is 4.39 Å². The van der Waals surface area contributed by atoms with E-state index in [0.29, 0.717) is 6.54 Å². The largest absolute Gasteiger partial charge is 0.341 e. The fourth-order valence-electron chi connectivity index (χ4n) is 2.27. The highest BCUT2D eigenvalue weighted by molar-refractivity contribution is 5.67. The molecule has 0 saturated carbocycles. The number of aryl methyl sites for hydroxylation is 1.